The van der Waals surface area contributed by atoms with Crippen LogP contribution in [0.25, 0.3) is 10.4 Å². The number of esters is 1. The zero-order valence-corrected chi connectivity index (χ0v) is 61.9. The Hall–Kier alpha value is -8.20. The quantitative estimate of drug-likeness (QED) is 0.0117. The summed E-state index contributed by atoms with van der Waals surface area (Å²) in [6, 6.07) is 71.0. The van der Waals surface area contributed by atoms with E-state index in [1.807, 2.05) is 206 Å². The molecule has 21 nitrogen and oxygen atoms in total. The molecule has 0 aromatic heterocycles. The molecule has 11 rings (SSSR count). The van der Waals surface area contributed by atoms with E-state index in [0.29, 0.717) is 11.5 Å². The van der Waals surface area contributed by atoms with Gasteiger partial charge in [-0.2, -0.15) is 0 Å². The monoisotopic (exact) mass is 1450 g/mol. The molecule has 0 spiro atoms. The van der Waals surface area contributed by atoms with E-state index in [-0.39, 0.29) is 76.7 Å². The van der Waals surface area contributed by atoms with Gasteiger partial charge in [-0.05, 0) is 99.0 Å². The second-order valence-electron chi connectivity index (χ2n) is 27.6. The zero-order valence-electron chi connectivity index (χ0n) is 60.9. The van der Waals surface area contributed by atoms with Crippen molar-refractivity contribution in [2.24, 2.45) is 5.11 Å². The standard InChI is InChI=1S/C83H97N3O18Si/c1-83(2,3)105(7,8)104-73-69(56-93-49-63-41-45-66(89-5)46-42-63)100-82(78(101-79(87)64-37-25-14-26-38-64)76(73)96-52-60-33-21-12-22-34-60)103-71-67(54-91-47-57-27-15-9-16-28-57)98-80(70(85-86-84)74(71)94-50-58-29-17-10-18-30-58)102-72-68(55-92-48-62-39-43-65(88-4)44-40-62)99-81(90-6)77(97-53-61-35-23-13-24-36-61)75(72)95-51-59-31-19-11-20-32-59/h9-46,67-78,80-82H,47-56H2,1-8H3/t67-,68-,69-,70-,71-,72-,73-,74-,75+,76+,77-,78-,80-,81-,82+/m1/s1. The summed E-state index contributed by atoms with van der Waals surface area (Å²) < 4.78 is 117. The Labute approximate surface area is 616 Å². The lowest BCUT2D eigenvalue weighted by atomic mass is 9.94. The van der Waals surface area contributed by atoms with Crippen LogP contribution in [-0.2, 0) is 117 Å². The predicted octanol–water partition coefficient (Wildman–Crippen LogP) is 14.9. The van der Waals surface area contributed by atoms with E-state index in [1.54, 1.807) is 45.6 Å². The van der Waals surface area contributed by atoms with Crippen molar-refractivity contribution in [3.63, 3.8) is 0 Å². The van der Waals surface area contributed by atoms with E-state index in [4.69, 9.17) is 80.2 Å². The molecular weight excluding hydrogens is 1360 g/mol. The minimum atomic E-state index is -2.81. The summed E-state index contributed by atoms with van der Waals surface area (Å²) in [6.07, 6.45) is -16.3. The number of hydrogen-bond acceptors (Lipinski definition) is 19. The summed E-state index contributed by atoms with van der Waals surface area (Å²) in [7, 11) is 1.97. The van der Waals surface area contributed by atoms with Gasteiger partial charge < -0.3 is 80.2 Å². The minimum Gasteiger partial charge on any atom is -0.497 e. The van der Waals surface area contributed by atoms with E-state index in [2.05, 4.69) is 43.9 Å². The van der Waals surface area contributed by atoms with Gasteiger partial charge in [0.05, 0.1) is 85.9 Å². The van der Waals surface area contributed by atoms with Crippen LogP contribution in [0.1, 0.15) is 70.1 Å². The van der Waals surface area contributed by atoms with Gasteiger partial charge in [-0.15, -0.1) is 0 Å². The molecule has 0 saturated carbocycles. The van der Waals surface area contributed by atoms with Gasteiger partial charge in [-0.3, -0.25) is 0 Å². The first kappa shape index (κ1) is 77.9. The van der Waals surface area contributed by atoms with Gasteiger partial charge >= 0.3 is 5.97 Å². The Balaban J connectivity index is 1.04. The molecule has 3 aliphatic heterocycles. The molecule has 105 heavy (non-hydrogen) atoms. The van der Waals surface area contributed by atoms with E-state index in [0.717, 1.165) is 38.9 Å². The van der Waals surface area contributed by atoms with Gasteiger partial charge in [0.1, 0.15) is 78.6 Å². The van der Waals surface area contributed by atoms with Gasteiger partial charge in [-0.1, -0.05) is 220 Å². The topological polar surface area (TPSA) is 223 Å². The molecule has 0 amide bonds. The summed E-state index contributed by atoms with van der Waals surface area (Å²) in [6.45, 7) is 11.2. The number of rotatable bonds is 36. The fourth-order valence-corrected chi connectivity index (χ4v) is 13.9. The average molecular weight is 1450 g/mol. The number of carbonyl (C=O) groups excluding carboxylic acids is 1. The highest BCUT2D eigenvalue weighted by Crippen LogP contribution is 2.43. The minimum absolute atomic E-state index is 0.0275. The van der Waals surface area contributed by atoms with Crippen molar-refractivity contribution in [1.82, 2.24) is 0 Å². The second kappa shape index (κ2) is 38.9. The summed E-state index contributed by atoms with van der Waals surface area (Å²) in [4.78, 5) is 18.6. The van der Waals surface area contributed by atoms with Crippen LogP contribution >= 0.6 is 0 Å². The van der Waals surface area contributed by atoms with Gasteiger partial charge in [0.2, 0.25) is 0 Å². The predicted molar refractivity (Wildman–Crippen MR) is 395 cm³/mol. The lowest BCUT2D eigenvalue weighted by molar-refractivity contribution is -0.374. The molecule has 8 aromatic rings. The number of methoxy groups -OCH3 is 3. The SMILES string of the molecule is COc1ccc(COC[C@H]2O[C@@H](OC)[C@H](OCc3ccccc3)[C@@H](OCc3ccccc3)[C@@H]2O[C@H]2O[C@H](COCc3ccccc3)[C@@H](O[C@@H]3O[C@H](COCc4ccc(OC)cc4)[C@@H](O[Si](C)(C)C(C)(C)C)[C@H](OCc4ccccc4)[C@H]3OC(=O)c3ccccc3)[C@H](OCc3ccccc3)[C@H]2N=[N+]=[N-])cc1. The van der Waals surface area contributed by atoms with Crippen LogP contribution < -0.4 is 9.47 Å². The number of carbonyl (C=O) groups is 1. The lowest BCUT2D eigenvalue weighted by Gasteiger charge is -2.52. The highest BCUT2D eigenvalue weighted by Gasteiger charge is 2.58. The van der Waals surface area contributed by atoms with Gasteiger partial charge in [-0.25, -0.2) is 4.79 Å². The van der Waals surface area contributed by atoms with E-state index in [9.17, 15) is 5.53 Å². The van der Waals surface area contributed by atoms with Gasteiger partial charge in [0, 0.05) is 12.0 Å². The van der Waals surface area contributed by atoms with Crippen LogP contribution in [0.3, 0.4) is 0 Å². The highest BCUT2D eigenvalue weighted by molar-refractivity contribution is 6.74. The number of azide groups is 1. The summed E-state index contributed by atoms with van der Waals surface area (Å²) >= 11 is 0. The Morgan fingerprint density at radius 2 is 0.752 bits per heavy atom. The maximum atomic E-state index is 15.1. The molecule has 0 N–H and O–H groups in total. The molecule has 0 unspecified atom stereocenters. The van der Waals surface area contributed by atoms with Gasteiger partial charge in [0.25, 0.3) is 0 Å². The number of nitrogens with zero attached hydrogens (tertiary/aromatic N) is 3. The highest BCUT2D eigenvalue weighted by atomic mass is 28.4. The largest absolute Gasteiger partial charge is 0.497 e. The van der Waals surface area contributed by atoms with Crippen LogP contribution in [0.4, 0.5) is 0 Å². The van der Waals surface area contributed by atoms with Crippen molar-refractivity contribution in [1.29, 1.82) is 0 Å². The third-order valence-corrected chi connectivity index (χ3v) is 23.7. The van der Waals surface area contributed by atoms with Crippen molar-refractivity contribution in [2.75, 3.05) is 41.2 Å². The van der Waals surface area contributed by atoms with Crippen LogP contribution in [-0.4, -0.2) is 147 Å². The molecule has 22 heteroatoms. The van der Waals surface area contributed by atoms with Crippen LogP contribution in [0.5, 0.6) is 11.5 Å². The third-order valence-electron chi connectivity index (χ3n) is 19.2. The molecule has 556 valence electrons. The van der Waals surface area contributed by atoms with Crippen molar-refractivity contribution in [3.8, 4) is 11.5 Å². The average Bonchev–Trinajstić information content (AvgIpc) is 0.560. The maximum Gasteiger partial charge on any atom is 0.338 e. The molecule has 8 aromatic carbocycles. The molecule has 15 atom stereocenters. The smallest absolute Gasteiger partial charge is 0.338 e. The van der Waals surface area contributed by atoms with Crippen molar-refractivity contribution in [2.45, 2.75) is 177 Å². The maximum absolute atomic E-state index is 15.1. The van der Waals surface area contributed by atoms with Crippen LogP contribution in [0.2, 0.25) is 18.1 Å². The molecule has 3 saturated heterocycles. The number of benzene rings is 8. The normalized spacial score (nSPS) is 24.8. The first-order valence-corrected chi connectivity index (χ1v) is 38.5. The summed E-state index contributed by atoms with van der Waals surface area (Å²) in [5.41, 5.74) is 17.3. The Bertz CT molecular complexity index is 3890. The first-order valence-electron chi connectivity index (χ1n) is 35.6. The summed E-state index contributed by atoms with van der Waals surface area (Å²) in [5, 5.41) is 4.25. The van der Waals surface area contributed by atoms with E-state index >= 15 is 4.79 Å². The Morgan fingerprint density at radius 1 is 0.410 bits per heavy atom. The fourth-order valence-electron chi connectivity index (χ4n) is 12.5. The Kier molecular flexibility index (Phi) is 28.8. The molecule has 3 fully saturated rings. The second-order valence-corrected chi connectivity index (χ2v) is 32.4. The van der Waals surface area contributed by atoms with E-state index < -0.39 is 106 Å². The fraction of sp³-hybridized carbons (Fsp3) is 0.410. The molecule has 0 radical (unpaired) electrons. The van der Waals surface area contributed by atoms with Crippen molar-refractivity contribution in [3.05, 3.63) is 285 Å². The molecule has 0 aliphatic carbocycles. The summed E-state index contributed by atoms with van der Waals surface area (Å²) in [5.74, 6) is 0.706. The molecule has 0 bridgehead atoms. The van der Waals surface area contributed by atoms with Crippen LogP contribution in [0.15, 0.2) is 236 Å². The van der Waals surface area contributed by atoms with E-state index in [1.165, 1.54) is 0 Å². The zero-order chi connectivity index (χ0) is 73.4. The van der Waals surface area contributed by atoms with Crippen molar-refractivity contribution < 1.29 is 85.0 Å². The Morgan fingerprint density at radius 3 is 1.16 bits per heavy atom. The van der Waals surface area contributed by atoms with Crippen LogP contribution in [0, 0.1) is 0 Å². The number of ether oxygens (including phenoxy) is 16. The van der Waals surface area contributed by atoms with Crippen molar-refractivity contribution >= 4 is 14.3 Å². The lowest BCUT2D eigenvalue weighted by Crippen LogP contribution is -2.68. The molecule has 3 heterocycles. The van der Waals surface area contributed by atoms with Gasteiger partial charge in [0.15, 0.2) is 33.3 Å². The third kappa shape index (κ3) is 21.8. The molecule has 3 aliphatic rings. The molecular formula is C83H97N3O18Si. The number of hydrogen-bond donors (Lipinski definition) is 0. The first-order chi connectivity index (χ1) is 51.2.